The summed E-state index contributed by atoms with van der Waals surface area (Å²) in [6, 6.07) is 4.39. The van der Waals surface area contributed by atoms with Gasteiger partial charge in [0.05, 0.1) is 0 Å². The average Bonchev–Trinajstić information content (AvgIpc) is 2.95. The van der Waals surface area contributed by atoms with E-state index in [0.29, 0.717) is 18.1 Å². The van der Waals surface area contributed by atoms with E-state index in [2.05, 4.69) is 35.5 Å². The molecule has 0 amide bonds. The fraction of sp³-hybridized carbons (Fsp3) is 0.733. The number of aryl methyl sites for hydroxylation is 1. The van der Waals surface area contributed by atoms with Gasteiger partial charge in [-0.2, -0.15) is 0 Å². The summed E-state index contributed by atoms with van der Waals surface area (Å²) in [7, 11) is 0. The van der Waals surface area contributed by atoms with E-state index in [1.54, 1.807) is 10.4 Å². The first kappa shape index (κ1) is 12.6. The van der Waals surface area contributed by atoms with Crippen molar-refractivity contribution in [3.8, 4) is 0 Å². The predicted molar refractivity (Wildman–Crippen MR) is 78.2 cm³/mol. The van der Waals surface area contributed by atoms with Crippen LogP contribution in [-0.2, 0) is 6.42 Å². The van der Waals surface area contributed by atoms with Gasteiger partial charge in [-0.1, -0.05) is 13.8 Å². The molecule has 0 bridgehead atoms. The first-order valence-electron chi connectivity index (χ1n) is 7.30. The SMILES string of the molecule is CC(C)NC1CCN(C2CCCc3sccc32)C1. The number of fused-ring (bicyclic) bond motifs is 1. The second-order valence-electron chi connectivity index (χ2n) is 6.01. The summed E-state index contributed by atoms with van der Waals surface area (Å²) < 4.78 is 0. The second kappa shape index (κ2) is 5.32. The van der Waals surface area contributed by atoms with E-state index in [4.69, 9.17) is 0 Å². The Bertz CT molecular complexity index is 399. The molecule has 2 unspecified atom stereocenters. The molecule has 0 spiro atoms. The van der Waals surface area contributed by atoms with Crippen molar-refractivity contribution in [1.29, 1.82) is 0 Å². The van der Waals surface area contributed by atoms with Gasteiger partial charge in [0.1, 0.15) is 0 Å². The Kier molecular flexibility index (Phi) is 3.73. The van der Waals surface area contributed by atoms with Crippen molar-refractivity contribution in [3.05, 3.63) is 21.9 Å². The van der Waals surface area contributed by atoms with Crippen LogP contribution in [0.15, 0.2) is 11.4 Å². The third-order valence-corrected chi connectivity index (χ3v) is 5.25. The number of rotatable bonds is 3. The zero-order valence-corrected chi connectivity index (χ0v) is 12.3. The van der Waals surface area contributed by atoms with E-state index in [1.165, 1.54) is 38.8 Å². The van der Waals surface area contributed by atoms with E-state index in [-0.39, 0.29) is 0 Å². The van der Waals surface area contributed by atoms with Crippen LogP contribution in [0.2, 0.25) is 0 Å². The van der Waals surface area contributed by atoms with Crippen molar-refractivity contribution in [3.63, 3.8) is 0 Å². The molecule has 2 aliphatic rings. The molecule has 1 fully saturated rings. The van der Waals surface area contributed by atoms with Crippen molar-refractivity contribution in [2.45, 2.75) is 57.7 Å². The molecule has 3 rings (SSSR count). The van der Waals surface area contributed by atoms with Gasteiger partial charge in [-0.3, -0.25) is 4.90 Å². The lowest BCUT2D eigenvalue weighted by Gasteiger charge is -2.31. The van der Waals surface area contributed by atoms with Crippen LogP contribution in [0.4, 0.5) is 0 Å². The van der Waals surface area contributed by atoms with Crippen LogP contribution < -0.4 is 5.32 Å². The van der Waals surface area contributed by atoms with Gasteiger partial charge in [0, 0.05) is 36.1 Å². The van der Waals surface area contributed by atoms with Gasteiger partial charge in [0.15, 0.2) is 0 Å². The highest BCUT2D eigenvalue weighted by molar-refractivity contribution is 7.10. The Morgan fingerprint density at radius 1 is 1.39 bits per heavy atom. The van der Waals surface area contributed by atoms with Gasteiger partial charge in [-0.25, -0.2) is 0 Å². The first-order chi connectivity index (χ1) is 8.74. The maximum absolute atomic E-state index is 3.69. The van der Waals surface area contributed by atoms with Crippen LogP contribution in [0, 0.1) is 0 Å². The summed E-state index contributed by atoms with van der Waals surface area (Å²) in [6.07, 6.45) is 5.36. The van der Waals surface area contributed by atoms with Crippen molar-refractivity contribution >= 4 is 11.3 Å². The maximum atomic E-state index is 3.69. The van der Waals surface area contributed by atoms with E-state index >= 15 is 0 Å². The smallest absolute Gasteiger partial charge is 0.0359 e. The first-order valence-corrected chi connectivity index (χ1v) is 8.18. The zero-order chi connectivity index (χ0) is 12.5. The Hall–Kier alpha value is -0.380. The predicted octanol–water partition coefficient (Wildman–Crippen LogP) is 3.20. The summed E-state index contributed by atoms with van der Waals surface area (Å²) in [4.78, 5) is 4.36. The number of nitrogens with zero attached hydrogens (tertiary/aromatic N) is 1. The van der Waals surface area contributed by atoms with E-state index < -0.39 is 0 Å². The van der Waals surface area contributed by atoms with Gasteiger partial charge in [-0.15, -0.1) is 11.3 Å². The molecule has 1 aliphatic heterocycles. The fourth-order valence-corrected chi connectivity index (χ4v) is 4.50. The van der Waals surface area contributed by atoms with Crippen molar-refractivity contribution in [2.24, 2.45) is 0 Å². The fourth-order valence-electron chi connectivity index (χ4n) is 3.52. The highest BCUT2D eigenvalue weighted by Gasteiger charge is 2.32. The average molecular weight is 264 g/mol. The van der Waals surface area contributed by atoms with E-state index in [9.17, 15) is 0 Å². The van der Waals surface area contributed by atoms with Crippen molar-refractivity contribution in [1.82, 2.24) is 10.2 Å². The zero-order valence-electron chi connectivity index (χ0n) is 11.5. The lowest BCUT2D eigenvalue weighted by Crippen LogP contribution is -2.38. The number of hydrogen-bond acceptors (Lipinski definition) is 3. The topological polar surface area (TPSA) is 15.3 Å². The molecule has 2 heterocycles. The Balaban J connectivity index is 1.67. The lowest BCUT2D eigenvalue weighted by molar-refractivity contribution is 0.216. The Labute approximate surface area is 114 Å². The summed E-state index contributed by atoms with van der Waals surface area (Å²) in [5.74, 6) is 0. The molecule has 1 saturated heterocycles. The molecule has 2 atom stereocenters. The molecule has 2 nitrogen and oxygen atoms in total. The van der Waals surface area contributed by atoms with Gasteiger partial charge in [-0.05, 0) is 42.7 Å². The minimum atomic E-state index is 0.609. The molecule has 1 aliphatic carbocycles. The molecule has 0 radical (unpaired) electrons. The minimum Gasteiger partial charge on any atom is -0.310 e. The van der Waals surface area contributed by atoms with Gasteiger partial charge in [0.2, 0.25) is 0 Å². The number of hydrogen-bond donors (Lipinski definition) is 1. The van der Waals surface area contributed by atoms with Crippen LogP contribution in [0.3, 0.4) is 0 Å². The molecule has 0 aromatic carbocycles. The van der Waals surface area contributed by atoms with E-state index in [1.807, 2.05) is 11.3 Å². The third kappa shape index (κ3) is 2.49. The van der Waals surface area contributed by atoms with Crippen LogP contribution in [0.1, 0.15) is 49.6 Å². The summed E-state index contributed by atoms with van der Waals surface area (Å²) in [6.45, 7) is 7.00. The van der Waals surface area contributed by atoms with Gasteiger partial charge in [0.25, 0.3) is 0 Å². The largest absolute Gasteiger partial charge is 0.310 e. The second-order valence-corrected chi connectivity index (χ2v) is 7.01. The number of likely N-dealkylation sites (tertiary alicyclic amines) is 1. The third-order valence-electron chi connectivity index (χ3n) is 4.25. The molecule has 3 heteroatoms. The highest BCUT2D eigenvalue weighted by atomic mass is 32.1. The molecule has 100 valence electrons. The lowest BCUT2D eigenvalue weighted by atomic mass is 9.93. The van der Waals surface area contributed by atoms with Crippen LogP contribution in [0.25, 0.3) is 0 Å². The Morgan fingerprint density at radius 2 is 2.28 bits per heavy atom. The van der Waals surface area contributed by atoms with Crippen LogP contribution in [0.5, 0.6) is 0 Å². The maximum Gasteiger partial charge on any atom is 0.0359 e. The minimum absolute atomic E-state index is 0.609. The summed E-state index contributed by atoms with van der Waals surface area (Å²) in [5.41, 5.74) is 1.64. The molecule has 1 aromatic heterocycles. The molecule has 1 aromatic rings. The number of nitrogens with one attached hydrogen (secondary N) is 1. The summed E-state index contributed by atoms with van der Waals surface area (Å²) >= 11 is 1.96. The standard InChI is InChI=1S/C15H24N2S/c1-11(2)16-12-6-8-17(10-12)14-4-3-5-15-13(14)7-9-18-15/h7,9,11-12,14,16H,3-6,8,10H2,1-2H3. The van der Waals surface area contributed by atoms with Crippen LogP contribution in [-0.4, -0.2) is 30.1 Å². The van der Waals surface area contributed by atoms with Gasteiger partial charge < -0.3 is 5.32 Å². The number of thiophene rings is 1. The van der Waals surface area contributed by atoms with E-state index in [0.717, 1.165) is 0 Å². The normalized spacial score (nSPS) is 28.8. The molecule has 0 saturated carbocycles. The molecular formula is C15H24N2S. The van der Waals surface area contributed by atoms with Crippen LogP contribution >= 0.6 is 11.3 Å². The highest BCUT2D eigenvalue weighted by Crippen LogP contribution is 2.38. The quantitative estimate of drug-likeness (QED) is 0.902. The summed E-state index contributed by atoms with van der Waals surface area (Å²) in [5, 5.41) is 5.97. The Morgan fingerprint density at radius 3 is 3.11 bits per heavy atom. The molecule has 18 heavy (non-hydrogen) atoms. The molecule has 1 N–H and O–H groups in total. The monoisotopic (exact) mass is 264 g/mol. The molecular weight excluding hydrogens is 240 g/mol. The van der Waals surface area contributed by atoms with Gasteiger partial charge >= 0.3 is 0 Å². The van der Waals surface area contributed by atoms with Crippen molar-refractivity contribution in [2.75, 3.05) is 13.1 Å². The van der Waals surface area contributed by atoms with Crippen molar-refractivity contribution < 1.29 is 0 Å².